The van der Waals surface area contributed by atoms with E-state index < -0.39 is 23.7 Å². The number of alkyl halides is 3. The molecule has 0 atom stereocenters. The number of benzene rings is 1. The third-order valence-corrected chi connectivity index (χ3v) is 3.27. The Kier molecular flexibility index (Phi) is 6.64. The minimum atomic E-state index is -4.77. The molecule has 0 bridgehead atoms. The van der Waals surface area contributed by atoms with Gasteiger partial charge in [-0.05, 0) is 25.2 Å². The van der Waals surface area contributed by atoms with Gasteiger partial charge in [0.2, 0.25) is 5.82 Å². The van der Waals surface area contributed by atoms with Crippen LogP contribution in [0.3, 0.4) is 0 Å². The highest BCUT2D eigenvalue weighted by Crippen LogP contribution is 2.30. The van der Waals surface area contributed by atoms with Gasteiger partial charge in [-0.1, -0.05) is 5.16 Å². The van der Waals surface area contributed by atoms with E-state index in [4.69, 9.17) is 4.74 Å². The third-order valence-electron chi connectivity index (χ3n) is 3.27. The number of rotatable bonds is 3. The normalized spacial score (nSPS) is 15.1. The molecule has 0 N–H and O–H groups in total. The van der Waals surface area contributed by atoms with Crippen LogP contribution in [0.2, 0.25) is 0 Å². The van der Waals surface area contributed by atoms with Crippen LogP contribution in [0.4, 0.5) is 17.6 Å². The topological polar surface area (TPSA) is 77.7 Å². The number of carbonyl (C=O) groups is 1. The van der Waals surface area contributed by atoms with Crippen molar-refractivity contribution in [1.82, 2.24) is 15.0 Å². The zero-order valence-electron chi connectivity index (χ0n) is 13.6. The fourth-order valence-corrected chi connectivity index (χ4v) is 1.90. The van der Waals surface area contributed by atoms with Gasteiger partial charge in [0.05, 0.1) is 13.2 Å². The van der Waals surface area contributed by atoms with Gasteiger partial charge < -0.3 is 18.9 Å². The highest BCUT2D eigenvalue weighted by atomic mass is 19.4. The molecule has 0 aliphatic carbocycles. The fourth-order valence-electron chi connectivity index (χ4n) is 1.90. The lowest BCUT2D eigenvalue weighted by molar-refractivity contribution is -0.159. The summed E-state index contributed by atoms with van der Waals surface area (Å²) in [5, 5.41) is 3.09. The summed E-state index contributed by atoms with van der Waals surface area (Å²) in [6.45, 7) is 4.04. The van der Waals surface area contributed by atoms with Gasteiger partial charge in [0, 0.05) is 18.7 Å². The van der Waals surface area contributed by atoms with Crippen LogP contribution < -0.4 is 4.74 Å². The molecule has 1 fully saturated rings. The van der Waals surface area contributed by atoms with Gasteiger partial charge >= 0.3 is 12.1 Å². The average molecular weight is 377 g/mol. The number of halogens is 4. The predicted molar refractivity (Wildman–Crippen MR) is 79.7 cm³/mol. The average Bonchev–Trinajstić information content (AvgIpc) is 3.09. The summed E-state index contributed by atoms with van der Waals surface area (Å²) in [6.07, 6.45) is -4.77. The minimum absolute atomic E-state index is 0.0220. The van der Waals surface area contributed by atoms with E-state index in [1.165, 1.54) is 6.07 Å². The van der Waals surface area contributed by atoms with E-state index in [0.717, 1.165) is 38.4 Å². The first-order chi connectivity index (χ1) is 12.3. The highest BCUT2D eigenvalue weighted by molar-refractivity contribution is 5.57. The molecule has 1 aromatic carbocycles. The molecule has 26 heavy (non-hydrogen) atoms. The molecule has 1 aliphatic heterocycles. The molecule has 142 valence electrons. The molecule has 3 rings (SSSR count). The molecule has 11 heteroatoms. The van der Waals surface area contributed by atoms with Crippen molar-refractivity contribution in [1.29, 1.82) is 0 Å². The Bertz CT molecular complexity index is 730. The summed E-state index contributed by atoms with van der Waals surface area (Å²) < 4.78 is 63.5. The molecule has 0 spiro atoms. The van der Waals surface area contributed by atoms with Crippen molar-refractivity contribution in [3.63, 3.8) is 0 Å². The van der Waals surface area contributed by atoms with Crippen molar-refractivity contribution in [3.05, 3.63) is 29.9 Å². The Hall–Kier alpha value is -2.53. The molecule has 0 unspecified atom stereocenters. The van der Waals surface area contributed by atoms with Gasteiger partial charge in [0.1, 0.15) is 0 Å². The predicted octanol–water partition coefficient (Wildman–Crippen LogP) is 2.38. The van der Waals surface area contributed by atoms with Gasteiger partial charge in [0.15, 0.2) is 11.6 Å². The maximum Gasteiger partial charge on any atom is 0.471 e. The lowest BCUT2D eigenvalue weighted by Crippen LogP contribution is -2.32. The second kappa shape index (κ2) is 8.72. The Morgan fingerprint density at radius 1 is 1.27 bits per heavy atom. The van der Waals surface area contributed by atoms with Crippen LogP contribution in [0.15, 0.2) is 22.7 Å². The van der Waals surface area contributed by atoms with Crippen LogP contribution >= 0.6 is 0 Å². The molecule has 1 saturated heterocycles. The SMILES string of the molecule is CN1CCOCC1.O=COc1ccc(-c2noc(C(F)(F)F)n2)cc1F. The summed E-state index contributed by atoms with van der Waals surface area (Å²) in [5.41, 5.74) is -0.0463. The van der Waals surface area contributed by atoms with Crippen LogP contribution in [0, 0.1) is 5.82 Å². The van der Waals surface area contributed by atoms with Crippen LogP contribution in [0.25, 0.3) is 11.4 Å². The Morgan fingerprint density at radius 2 is 1.96 bits per heavy atom. The summed E-state index contributed by atoms with van der Waals surface area (Å²) in [6, 6.07) is 3.07. The second-order valence-electron chi connectivity index (χ2n) is 5.20. The molecular weight excluding hydrogens is 362 g/mol. The van der Waals surface area contributed by atoms with E-state index in [1.807, 2.05) is 0 Å². The number of likely N-dealkylation sites (N-methyl/N-ethyl adjacent to an activating group) is 1. The number of carbonyl (C=O) groups excluding carboxylic acids is 1. The molecule has 2 heterocycles. The van der Waals surface area contributed by atoms with Crippen molar-refractivity contribution >= 4 is 6.47 Å². The molecule has 1 aliphatic rings. The van der Waals surface area contributed by atoms with Crippen LogP contribution in [0.5, 0.6) is 5.75 Å². The lowest BCUT2D eigenvalue weighted by atomic mass is 10.2. The Balaban J connectivity index is 0.000000290. The maximum absolute atomic E-state index is 13.4. The summed E-state index contributed by atoms with van der Waals surface area (Å²) in [5.74, 6) is -3.26. The second-order valence-corrected chi connectivity index (χ2v) is 5.20. The quantitative estimate of drug-likeness (QED) is 0.600. The fraction of sp³-hybridized carbons (Fsp3) is 0.400. The molecule has 2 aromatic rings. The number of hydrogen-bond acceptors (Lipinski definition) is 7. The van der Waals surface area contributed by atoms with E-state index in [1.54, 1.807) is 0 Å². The van der Waals surface area contributed by atoms with Gasteiger partial charge in [-0.2, -0.15) is 18.2 Å². The van der Waals surface area contributed by atoms with Gasteiger partial charge in [-0.25, -0.2) is 4.39 Å². The summed E-state index contributed by atoms with van der Waals surface area (Å²) in [4.78, 5) is 15.4. The Labute approximate surface area is 145 Å². The van der Waals surface area contributed by atoms with Crippen molar-refractivity contribution in [2.45, 2.75) is 6.18 Å². The minimum Gasteiger partial charge on any atom is -0.426 e. The third kappa shape index (κ3) is 5.49. The van der Waals surface area contributed by atoms with E-state index in [2.05, 4.69) is 31.3 Å². The van der Waals surface area contributed by atoms with Gasteiger partial charge in [-0.3, -0.25) is 4.79 Å². The number of morpholine rings is 1. The van der Waals surface area contributed by atoms with Crippen LogP contribution in [-0.2, 0) is 15.7 Å². The van der Waals surface area contributed by atoms with Gasteiger partial charge in [0.25, 0.3) is 6.47 Å². The zero-order valence-corrected chi connectivity index (χ0v) is 13.6. The van der Waals surface area contributed by atoms with Crippen molar-refractivity contribution in [2.75, 3.05) is 33.4 Å². The zero-order chi connectivity index (χ0) is 19.2. The van der Waals surface area contributed by atoms with E-state index in [-0.39, 0.29) is 17.8 Å². The molecule has 0 amide bonds. The standard InChI is InChI=1S/C10H4F4N2O3.C5H11NO/c11-6-3-5(1-2-7(6)18-4-17)8-15-9(19-16-8)10(12,13)14;1-6-2-4-7-5-3-6/h1-4H;2-5H2,1H3. The van der Waals surface area contributed by atoms with Gasteiger partial charge in [-0.15, -0.1) is 0 Å². The molecule has 0 radical (unpaired) electrons. The molecule has 0 saturated carbocycles. The number of ether oxygens (including phenoxy) is 2. The van der Waals surface area contributed by atoms with Crippen molar-refractivity contribution < 1.29 is 36.4 Å². The first-order valence-electron chi connectivity index (χ1n) is 7.38. The smallest absolute Gasteiger partial charge is 0.426 e. The number of nitrogens with zero attached hydrogens (tertiary/aromatic N) is 3. The monoisotopic (exact) mass is 377 g/mol. The highest BCUT2D eigenvalue weighted by Gasteiger charge is 2.38. The van der Waals surface area contributed by atoms with Crippen molar-refractivity contribution in [3.8, 4) is 17.1 Å². The molecule has 1 aromatic heterocycles. The lowest BCUT2D eigenvalue weighted by Gasteiger charge is -2.21. The van der Waals surface area contributed by atoms with Crippen LogP contribution in [0.1, 0.15) is 5.89 Å². The van der Waals surface area contributed by atoms with E-state index >= 15 is 0 Å². The Morgan fingerprint density at radius 3 is 2.42 bits per heavy atom. The molecule has 7 nitrogen and oxygen atoms in total. The largest absolute Gasteiger partial charge is 0.471 e. The summed E-state index contributed by atoms with van der Waals surface area (Å²) >= 11 is 0. The first kappa shape index (κ1) is 19.8. The van der Waals surface area contributed by atoms with E-state index in [0.29, 0.717) is 0 Å². The van der Waals surface area contributed by atoms with E-state index in [9.17, 15) is 22.4 Å². The number of aromatic nitrogens is 2. The summed E-state index contributed by atoms with van der Waals surface area (Å²) in [7, 11) is 2.11. The molecular formula is C15H15F4N3O4. The van der Waals surface area contributed by atoms with Crippen molar-refractivity contribution in [2.24, 2.45) is 0 Å². The maximum atomic E-state index is 13.4. The first-order valence-corrected chi connectivity index (χ1v) is 7.38. The number of hydrogen-bond donors (Lipinski definition) is 0. The van der Waals surface area contributed by atoms with Crippen LogP contribution in [-0.4, -0.2) is 54.9 Å².